The van der Waals surface area contributed by atoms with E-state index in [-0.39, 0.29) is 30.0 Å². The van der Waals surface area contributed by atoms with Crippen molar-refractivity contribution in [2.75, 3.05) is 6.61 Å². The molecule has 6 heteroatoms. The van der Waals surface area contributed by atoms with Crippen LogP contribution in [-0.2, 0) is 32.2 Å². The summed E-state index contributed by atoms with van der Waals surface area (Å²) in [6.07, 6.45) is 12.8. The average molecular weight is 705 g/mol. The minimum atomic E-state index is -2.96. The van der Waals surface area contributed by atoms with Gasteiger partial charge in [0.2, 0.25) is 0 Å². The van der Waals surface area contributed by atoms with Crippen molar-refractivity contribution in [3.8, 4) is 0 Å². The molecule has 280 valence electrons. The number of allylic oxidation sites excluding steroid dienone is 4. The number of hydrogen-bond donors (Lipinski definition) is 0. The van der Waals surface area contributed by atoms with Gasteiger partial charge >= 0.3 is 0 Å². The number of alkyl halides is 2. The fraction of sp³-hybridized carbons (Fsp3) is 0.600. The van der Waals surface area contributed by atoms with Crippen LogP contribution in [0.25, 0.3) is 0 Å². The van der Waals surface area contributed by atoms with Crippen LogP contribution in [0.3, 0.4) is 0 Å². The van der Waals surface area contributed by atoms with Crippen molar-refractivity contribution < 1.29 is 27.7 Å². The molecule has 0 heterocycles. The third kappa shape index (κ3) is 9.87. The van der Waals surface area contributed by atoms with Gasteiger partial charge in [-0.3, -0.25) is 0 Å². The van der Waals surface area contributed by atoms with Gasteiger partial charge in [-0.05, 0) is 124 Å². The highest BCUT2D eigenvalue weighted by Crippen LogP contribution is 2.59. The Hall–Kier alpha value is -2.64. The van der Waals surface area contributed by atoms with Crippen molar-refractivity contribution in [2.45, 2.75) is 143 Å². The lowest BCUT2D eigenvalue weighted by molar-refractivity contribution is -0.264. The Labute approximate surface area is 306 Å². The highest BCUT2D eigenvalue weighted by Gasteiger charge is 2.52. The van der Waals surface area contributed by atoms with Gasteiger partial charge in [0.1, 0.15) is 5.60 Å². The summed E-state index contributed by atoms with van der Waals surface area (Å²) in [7, 11) is 0. The average Bonchev–Trinajstić information content (AvgIpc) is 3.47. The van der Waals surface area contributed by atoms with Crippen molar-refractivity contribution in [3.05, 3.63) is 107 Å². The number of rotatable bonds is 17. The first-order chi connectivity index (χ1) is 24.3. The second kappa shape index (κ2) is 17.5. The quantitative estimate of drug-likeness (QED) is 0.154. The van der Waals surface area contributed by atoms with Gasteiger partial charge in [0.05, 0.1) is 25.4 Å². The molecular weight excluding hydrogens is 642 g/mol. The van der Waals surface area contributed by atoms with Crippen molar-refractivity contribution in [3.63, 3.8) is 0 Å². The summed E-state index contributed by atoms with van der Waals surface area (Å²) in [4.78, 5) is 0. The molecule has 1 fully saturated rings. The Morgan fingerprint density at radius 1 is 0.922 bits per heavy atom. The zero-order valence-electron chi connectivity index (χ0n) is 32.1. The molecule has 0 aromatic heterocycles. The van der Waals surface area contributed by atoms with Gasteiger partial charge < -0.3 is 18.9 Å². The molecule has 0 spiro atoms. The molecule has 1 unspecified atom stereocenters. The largest absolute Gasteiger partial charge is 0.373 e. The molecule has 2 aromatic rings. The second-order valence-electron chi connectivity index (χ2n) is 16.0. The maximum absolute atomic E-state index is 15.6. The fourth-order valence-electron chi connectivity index (χ4n) is 9.05. The van der Waals surface area contributed by atoms with E-state index in [1.807, 2.05) is 19.1 Å². The molecule has 2 aromatic carbocycles. The summed E-state index contributed by atoms with van der Waals surface area (Å²) in [5, 5.41) is 0. The Kier molecular flexibility index (Phi) is 13.5. The predicted octanol–water partition coefficient (Wildman–Crippen LogP) is 11.8. The lowest BCUT2D eigenvalue weighted by atomic mass is 9.62. The van der Waals surface area contributed by atoms with Crippen LogP contribution in [0.15, 0.2) is 95.6 Å². The molecule has 0 bridgehead atoms. The van der Waals surface area contributed by atoms with Crippen molar-refractivity contribution in [1.29, 1.82) is 0 Å². The first-order valence-corrected chi connectivity index (χ1v) is 19.4. The van der Waals surface area contributed by atoms with Crippen LogP contribution < -0.4 is 0 Å². The summed E-state index contributed by atoms with van der Waals surface area (Å²) in [6.45, 7) is 14.9. The zero-order chi connectivity index (χ0) is 36.6. The highest BCUT2D eigenvalue weighted by molar-refractivity contribution is 5.37. The summed E-state index contributed by atoms with van der Waals surface area (Å²) >= 11 is 0. The smallest absolute Gasteiger partial charge is 0.276 e. The van der Waals surface area contributed by atoms with Gasteiger partial charge in [-0.2, -0.15) is 0 Å². The maximum Gasteiger partial charge on any atom is 0.276 e. The van der Waals surface area contributed by atoms with E-state index in [4.69, 9.17) is 18.9 Å². The monoisotopic (exact) mass is 704 g/mol. The van der Waals surface area contributed by atoms with E-state index in [0.717, 1.165) is 38.5 Å². The van der Waals surface area contributed by atoms with Gasteiger partial charge in [0.25, 0.3) is 5.92 Å². The molecule has 5 rings (SSSR count). The normalized spacial score (nSPS) is 27.0. The predicted molar refractivity (Wildman–Crippen MR) is 202 cm³/mol. The number of fused-ring (bicyclic) bond motifs is 1. The fourth-order valence-corrected chi connectivity index (χ4v) is 9.05. The van der Waals surface area contributed by atoms with Gasteiger partial charge in [-0.1, -0.05) is 92.7 Å². The Morgan fingerprint density at radius 3 is 2.22 bits per heavy atom. The summed E-state index contributed by atoms with van der Waals surface area (Å²) in [5.74, 6) is -1.92. The van der Waals surface area contributed by atoms with E-state index in [9.17, 15) is 0 Å². The van der Waals surface area contributed by atoms with Crippen molar-refractivity contribution in [1.82, 2.24) is 0 Å². The van der Waals surface area contributed by atoms with E-state index < -0.39 is 17.8 Å². The summed E-state index contributed by atoms with van der Waals surface area (Å²) < 4.78 is 55.3. The third-order valence-corrected chi connectivity index (χ3v) is 12.2. The topological polar surface area (TPSA) is 36.9 Å². The molecule has 0 saturated heterocycles. The minimum Gasteiger partial charge on any atom is -0.373 e. The number of halogens is 2. The number of hydrogen-bond acceptors (Lipinski definition) is 4. The first kappa shape index (κ1) is 39.6. The van der Waals surface area contributed by atoms with Crippen LogP contribution >= 0.6 is 0 Å². The van der Waals surface area contributed by atoms with E-state index >= 15 is 8.78 Å². The van der Waals surface area contributed by atoms with E-state index in [0.29, 0.717) is 38.1 Å². The number of benzene rings is 2. The molecule has 3 aliphatic carbocycles. The lowest BCUT2D eigenvalue weighted by Gasteiger charge is -2.43. The molecule has 0 amide bonds. The van der Waals surface area contributed by atoms with Gasteiger partial charge in [-0.15, -0.1) is 0 Å². The van der Waals surface area contributed by atoms with E-state index in [1.165, 1.54) is 41.7 Å². The Balaban J connectivity index is 1.26. The lowest BCUT2D eigenvalue weighted by Crippen LogP contribution is -2.48. The Bertz CT molecular complexity index is 1480. The van der Waals surface area contributed by atoms with Crippen LogP contribution in [0.1, 0.15) is 111 Å². The molecule has 0 aliphatic heterocycles. The molecule has 51 heavy (non-hydrogen) atoms. The van der Waals surface area contributed by atoms with E-state index in [1.54, 1.807) is 6.92 Å². The highest BCUT2D eigenvalue weighted by atomic mass is 19.3. The van der Waals surface area contributed by atoms with E-state index in [2.05, 4.69) is 87.5 Å². The third-order valence-electron chi connectivity index (χ3n) is 12.2. The second-order valence-corrected chi connectivity index (χ2v) is 16.0. The maximum atomic E-state index is 15.6. The first-order valence-electron chi connectivity index (χ1n) is 19.4. The summed E-state index contributed by atoms with van der Waals surface area (Å²) in [6, 6.07) is 20.7. The Morgan fingerprint density at radius 2 is 1.57 bits per heavy atom. The summed E-state index contributed by atoms with van der Waals surface area (Å²) in [5.41, 5.74) is 4.81. The SMILES string of the molecule is CCOC(C)OC(C)(C)C(F)(F)CC[C@@H](C)[C@H]1CC[C@H]2C(C=CC3=C(C)[C@H](OCc4ccccc4)C[C@@H](OCc4ccccc4)C3)=CCC[C@]12C. The number of ether oxygens (including phenoxy) is 4. The molecular formula is C45H62F2O4. The standard InChI is InChI=1S/C45H62F2O4/c1-8-48-34(4)51-43(5,6)45(46,47)27-25-32(2)40-23-24-41-37(20-15-26-44(40,41)7)21-22-38-28-39(49-30-35-16-11-9-12-17-35)29-42(33(38)3)50-31-36-18-13-10-14-19-36/h9-14,16-22,32,34,39-42H,8,15,23-31H2,1-7H3/t32-,34?,39+,40-,41+,42-,44-/m1/s1. The van der Waals surface area contributed by atoms with Crippen molar-refractivity contribution >= 4 is 0 Å². The van der Waals surface area contributed by atoms with Crippen LogP contribution in [0.4, 0.5) is 8.78 Å². The van der Waals surface area contributed by atoms with Crippen LogP contribution in [0.5, 0.6) is 0 Å². The molecule has 1 saturated carbocycles. The van der Waals surface area contributed by atoms with Crippen molar-refractivity contribution in [2.24, 2.45) is 23.2 Å². The van der Waals surface area contributed by atoms with Gasteiger partial charge in [-0.25, -0.2) is 8.78 Å². The molecule has 7 atom stereocenters. The van der Waals surface area contributed by atoms with Gasteiger partial charge in [0.15, 0.2) is 6.29 Å². The van der Waals surface area contributed by atoms with Gasteiger partial charge in [0, 0.05) is 19.4 Å². The van der Waals surface area contributed by atoms with Crippen LogP contribution in [0.2, 0.25) is 0 Å². The molecule has 0 N–H and O–H groups in total. The molecule has 4 nitrogen and oxygen atoms in total. The van der Waals surface area contributed by atoms with Crippen LogP contribution in [-0.4, -0.2) is 36.6 Å². The van der Waals surface area contributed by atoms with Crippen LogP contribution in [0, 0.1) is 23.2 Å². The molecule has 0 radical (unpaired) electrons. The minimum absolute atomic E-state index is 0.0161. The zero-order valence-corrected chi connectivity index (χ0v) is 32.1. The molecule has 3 aliphatic rings.